The van der Waals surface area contributed by atoms with E-state index < -0.39 is 6.23 Å². The zero-order valence-electron chi connectivity index (χ0n) is 6.66. The van der Waals surface area contributed by atoms with Gasteiger partial charge in [-0.15, -0.1) is 0 Å². The second kappa shape index (κ2) is 2.73. The summed E-state index contributed by atoms with van der Waals surface area (Å²) in [5.41, 5.74) is 5.48. The Morgan fingerprint density at radius 2 is 2.27 bits per heavy atom. The fourth-order valence-corrected chi connectivity index (χ4v) is 2.44. The van der Waals surface area contributed by atoms with Crippen LogP contribution in [0.5, 0.6) is 0 Å². The molecule has 1 saturated carbocycles. The quantitative estimate of drug-likeness (QED) is 0.455. The van der Waals surface area contributed by atoms with E-state index in [0.717, 1.165) is 13.0 Å². The van der Waals surface area contributed by atoms with Crippen molar-refractivity contribution in [2.24, 2.45) is 17.6 Å². The largest absolute Gasteiger partial charge is 0.379 e. The maximum atomic E-state index is 9.25. The molecule has 64 valence electrons. The maximum absolute atomic E-state index is 9.25. The van der Waals surface area contributed by atoms with Crippen molar-refractivity contribution in [2.45, 2.75) is 31.5 Å². The van der Waals surface area contributed by atoms with Gasteiger partial charge in [0.05, 0.1) is 0 Å². The number of nitrogens with one attached hydrogen (secondary N) is 1. The molecule has 4 atom stereocenters. The molecule has 2 aliphatic heterocycles. The highest BCUT2D eigenvalue weighted by molar-refractivity contribution is 4.92. The van der Waals surface area contributed by atoms with Crippen LogP contribution < -0.4 is 11.1 Å². The van der Waals surface area contributed by atoms with Gasteiger partial charge in [0.1, 0.15) is 6.23 Å². The van der Waals surface area contributed by atoms with Crippen molar-refractivity contribution in [3.63, 3.8) is 0 Å². The monoisotopic (exact) mass is 156 g/mol. The van der Waals surface area contributed by atoms with E-state index in [1.807, 2.05) is 0 Å². The Hall–Kier alpha value is -0.120. The van der Waals surface area contributed by atoms with Crippen molar-refractivity contribution in [2.75, 3.05) is 6.54 Å². The molecule has 4 unspecified atom stereocenters. The molecule has 2 saturated heterocycles. The molecule has 3 aliphatic rings. The molecule has 0 radical (unpaired) electrons. The lowest BCUT2D eigenvalue weighted by atomic mass is 9.72. The minimum Gasteiger partial charge on any atom is -0.379 e. The lowest BCUT2D eigenvalue weighted by Crippen LogP contribution is -2.53. The van der Waals surface area contributed by atoms with E-state index in [0.29, 0.717) is 17.9 Å². The third kappa shape index (κ3) is 1.28. The molecule has 2 bridgehead atoms. The number of hydrogen-bond donors (Lipinski definition) is 3. The smallest absolute Gasteiger partial charge is 0.105 e. The fourth-order valence-electron chi connectivity index (χ4n) is 2.44. The van der Waals surface area contributed by atoms with E-state index in [2.05, 4.69) is 5.32 Å². The van der Waals surface area contributed by atoms with Gasteiger partial charge in [-0.25, -0.2) is 0 Å². The van der Waals surface area contributed by atoms with Gasteiger partial charge in [-0.1, -0.05) is 0 Å². The Kier molecular flexibility index (Phi) is 1.87. The number of aliphatic hydroxyl groups is 1. The average molecular weight is 156 g/mol. The number of aliphatic hydroxyl groups excluding tert-OH is 1. The molecular formula is C8H16N2O. The lowest BCUT2D eigenvalue weighted by molar-refractivity contribution is 0.0168. The summed E-state index contributed by atoms with van der Waals surface area (Å²) in [4.78, 5) is 0. The predicted molar refractivity (Wildman–Crippen MR) is 42.8 cm³/mol. The van der Waals surface area contributed by atoms with E-state index >= 15 is 0 Å². The third-order valence-corrected chi connectivity index (χ3v) is 3.16. The third-order valence-electron chi connectivity index (χ3n) is 3.16. The normalized spacial score (nSPS) is 45.8. The van der Waals surface area contributed by atoms with E-state index in [4.69, 9.17) is 5.73 Å². The van der Waals surface area contributed by atoms with Crippen LogP contribution in [0, 0.1) is 11.8 Å². The standard InChI is InChI=1S/C8H16N2O/c9-8(11)7-3-6-2-1-5(7)4-10-6/h5-8,10-11H,1-4,9H2. The molecule has 0 spiro atoms. The van der Waals surface area contributed by atoms with Crippen LogP contribution >= 0.6 is 0 Å². The topological polar surface area (TPSA) is 58.3 Å². The van der Waals surface area contributed by atoms with Crippen LogP contribution in [0.2, 0.25) is 0 Å². The van der Waals surface area contributed by atoms with Crippen molar-refractivity contribution in [3.8, 4) is 0 Å². The van der Waals surface area contributed by atoms with Gasteiger partial charge in [-0.2, -0.15) is 0 Å². The SMILES string of the molecule is NC(O)C1CC2CCC1CN2. The minimum absolute atomic E-state index is 0.356. The van der Waals surface area contributed by atoms with Crippen LogP contribution in [0.25, 0.3) is 0 Å². The van der Waals surface area contributed by atoms with Crippen LogP contribution in [-0.4, -0.2) is 23.9 Å². The summed E-state index contributed by atoms with van der Waals surface area (Å²) in [6.07, 6.45) is 3.00. The fraction of sp³-hybridized carbons (Fsp3) is 1.00. The highest BCUT2D eigenvalue weighted by atomic mass is 16.3. The zero-order chi connectivity index (χ0) is 7.84. The van der Waals surface area contributed by atoms with E-state index in [1.54, 1.807) is 0 Å². The lowest BCUT2D eigenvalue weighted by Gasteiger charge is -2.44. The Morgan fingerprint density at radius 1 is 1.45 bits per heavy atom. The van der Waals surface area contributed by atoms with Gasteiger partial charge in [-0.3, -0.25) is 0 Å². The first-order chi connectivity index (χ1) is 5.27. The first kappa shape index (κ1) is 7.53. The summed E-state index contributed by atoms with van der Waals surface area (Å²) in [7, 11) is 0. The van der Waals surface area contributed by atoms with Crippen molar-refractivity contribution >= 4 is 0 Å². The van der Waals surface area contributed by atoms with Gasteiger partial charge in [0.2, 0.25) is 0 Å². The molecule has 3 fully saturated rings. The van der Waals surface area contributed by atoms with Gasteiger partial charge < -0.3 is 16.2 Å². The number of nitrogens with two attached hydrogens (primary N) is 1. The predicted octanol–water partition coefficient (Wildman–Crippen LogP) is -0.348. The van der Waals surface area contributed by atoms with Crippen molar-refractivity contribution in [1.82, 2.24) is 5.32 Å². The highest BCUT2D eigenvalue weighted by Crippen LogP contribution is 2.34. The van der Waals surface area contributed by atoms with Crippen molar-refractivity contribution in [1.29, 1.82) is 0 Å². The molecule has 3 nitrogen and oxygen atoms in total. The number of hydrogen-bond acceptors (Lipinski definition) is 3. The molecule has 0 aromatic carbocycles. The average Bonchev–Trinajstić information content (AvgIpc) is 2.06. The summed E-state index contributed by atoms with van der Waals surface area (Å²) >= 11 is 0. The summed E-state index contributed by atoms with van der Waals surface area (Å²) in [6.45, 7) is 1.06. The Labute approximate surface area is 67.0 Å². The minimum atomic E-state index is -0.593. The van der Waals surface area contributed by atoms with Crippen LogP contribution in [0.15, 0.2) is 0 Å². The van der Waals surface area contributed by atoms with Crippen LogP contribution in [0.3, 0.4) is 0 Å². The summed E-state index contributed by atoms with van der Waals surface area (Å²) in [5.74, 6) is 0.981. The first-order valence-corrected chi connectivity index (χ1v) is 4.44. The highest BCUT2D eigenvalue weighted by Gasteiger charge is 2.37. The summed E-state index contributed by atoms with van der Waals surface area (Å²) < 4.78 is 0. The zero-order valence-corrected chi connectivity index (χ0v) is 6.66. The molecule has 3 rings (SSSR count). The van der Waals surface area contributed by atoms with E-state index in [9.17, 15) is 5.11 Å². The van der Waals surface area contributed by atoms with E-state index in [1.165, 1.54) is 12.8 Å². The first-order valence-electron chi connectivity index (χ1n) is 4.44. The van der Waals surface area contributed by atoms with Gasteiger partial charge in [0.25, 0.3) is 0 Å². The Balaban J connectivity index is 2.03. The van der Waals surface area contributed by atoms with Gasteiger partial charge in [-0.05, 0) is 31.7 Å². The van der Waals surface area contributed by atoms with Crippen LogP contribution in [0.4, 0.5) is 0 Å². The maximum Gasteiger partial charge on any atom is 0.105 e. The van der Waals surface area contributed by atoms with Crippen LogP contribution in [-0.2, 0) is 0 Å². The van der Waals surface area contributed by atoms with Crippen molar-refractivity contribution in [3.05, 3.63) is 0 Å². The Bertz CT molecular complexity index is 141. The second-order valence-electron chi connectivity index (χ2n) is 3.83. The molecule has 0 amide bonds. The van der Waals surface area contributed by atoms with Crippen LogP contribution in [0.1, 0.15) is 19.3 Å². The van der Waals surface area contributed by atoms with Gasteiger partial charge in [0, 0.05) is 12.0 Å². The number of fused-ring (bicyclic) bond motifs is 3. The molecule has 0 aromatic heterocycles. The molecular weight excluding hydrogens is 140 g/mol. The van der Waals surface area contributed by atoms with Gasteiger partial charge in [0.15, 0.2) is 0 Å². The molecule has 4 N–H and O–H groups in total. The van der Waals surface area contributed by atoms with Gasteiger partial charge >= 0.3 is 0 Å². The molecule has 2 heterocycles. The van der Waals surface area contributed by atoms with E-state index in [-0.39, 0.29) is 0 Å². The number of rotatable bonds is 1. The number of piperidine rings is 2. The Morgan fingerprint density at radius 3 is 2.55 bits per heavy atom. The molecule has 0 aromatic rings. The molecule has 11 heavy (non-hydrogen) atoms. The molecule has 3 heteroatoms. The second-order valence-corrected chi connectivity index (χ2v) is 3.83. The van der Waals surface area contributed by atoms with Crippen molar-refractivity contribution < 1.29 is 5.11 Å². The summed E-state index contributed by atoms with van der Waals surface area (Å²) in [5, 5.41) is 12.7. The molecule has 1 aliphatic carbocycles. The summed E-state index contributed by atoms with van der Waals surface area (Å²) in [6, 6.07) is 0.628.